The molecule has 2 atom stereocenters. The Bertz CT molecular complexity index is 1690. The van der Waals surface area contributed by atoms with E-state index in [0.29, 0.717) is 36.3 Å². The first kappa shape index (κ1) is 31.9. The van der Waals surface area contributed by atoms with Crippen LogP contribution in [-0.4, -0.2) is 57.3 Å². The van der Waals surface area contributed by atoms with E-state index in [4.69, 9.17) is 30.4 Å². The van der Waals surface area contributed by atoms with Crippen LogP contribution in [0.15, 0.2) is 49.1 Å². The maximum atomic E-state index is 11.9. The van der Waals surface area contributed by atoms with Crippen molar-refractivity contribution in [3.05, 3.63) is 71.6 Å². The number of nitrogens with zero attached hydrogens (tertiary/aromatic N) is 4. The number of aromatic nitrogens is 4. The van der Waals surface area contributed by atoms with Gasteiger partial charge in [-0.15, -0.1) is 0 Å². The molecule has 12 heteroatoms. The molecule has 2 saturated heterocycles. The number of primary amides is 2. The van der Waals surface area contributed by atoms with E-state index in [1.165, 1.54) is 0 Å². The zero-order chi connectivity index (χ0) is 33.4. The lowest BCUT2D eigenvalue weighted by atomic mass is 9.86. The van der Waals surface area contributed by atoms with Gasteiger partial charge in [-0.05, 0) is 63.8 Å². The van der Waals surface area contributed by atoms with Gasteiger partial charge in [0.05, 0.1) is 23.8 Å². The summed E-state index contributed by atoms with van der Waals surface area (Å²) in [7, 11) is 0. The topological polar surface area (TPSA) is 159 Å². The number of pyridine rings is 2. The highest BCUT2D eigenvalue weighted by atomic mass is 16.5. The summed E-state index contributed by atoms with van der Waals surface area (Å²) in [4.78, 5) is 32.2. The Morgan fingerprint density at radius 1 is 0.708 bits per heavy atom. The van der Waals surface area contributed by atoms with Crippen LogP contribution < -0.4 is 20.9 Å². The van der Waals surface area contributed by atoms with Crippen LogP contribution >= 0.6 is 0 Å². The number of fused-ring (bicyclic) bond motifs is 6. The van der Waals surface area contributed by atoms with Crippen LogP contribution in [0.25, 0.3) is 22.5 Å². The van der Waals surface area contributed by atoms with Gasteiger partial charge in [0.1, 0.15) is 35.1 Å². The Kier molecular flexibility index (Phi) is 8.93. The molecule has 0 unspecified atom stereocenters. The second kappa shape index (κ2) is 13.4. The highest BCUT2D eigenvalue weighted by molar-refractivity contribution is 5.94. The van der Waals surface area contributed by atoms with Crippen molar-refractivity contribution in [2.45, 2.75) is 64.8 Å². The van der Waals surface area contributed by atoms with Gasteiger partial charge in [-0.25, -0.2) is 0 Å². The van der Waals surface area contributed by atoms with Crippen molar-refractivity contribution < 1.29 is 28.5 Å². The van der Waals surface area contributed by atoms with Crippen LogP contribution in [0.3, 0.4) is 0 Å². The first-order chi connectivity index (χ1) is 23.4. The number of amides is 2. The predicted octanol–water partition coefficient (Wildman–Crippen LogP) is 5.06. The summed E-state index contributed by atoms with van der Waals surface area (Å²) in [5, 5.41) is 0. The molecule has 0 aliphatic carbocycles. The summed E-state index contributed by atoms with van der Waals surface area (Å²) in [5.74, 6) is 1.44. The zero-order valence-corrected chi connectivity index (χ0v) is 27.4. The lowest BCUT2D eigenvalue weighted by molar-refractivity contribution is 0.0162. The normalized spacial score (nSPS) is 20.1. The number of rotatable bonds is 6. The first-order valence-electron chi connectivity index (χ1n) is 16.8. The first-order valence-corrected chi connectivity index (χ1v) is 16.8. The van der Waals surface area contributed by atoms with Crippen molar-refractivity contribution in [2.75, 3.05) is 26.4 Å². The molecule has 12 nitrogen and oxygen atoms in total. The summed E-state index contributed by atoms with van der Waals surface area (Å²) >= 11 is 0. The van der Waals surface area contributed by atoms with Gasteiger partial charge in [0.2, 0.25) is 0 Å². The molecule has 4 aliphatic rings. The molecule has 2 amide bonds. The second-order valence-corrected chi connectivity index (χ2v) is 12.6. The van der Waals surface area contributed by atoms with Crippen molar-refractivity contribution in [3.8, 4) is 34.0 Å². The van der Waals surface area contributed by atoms with Gasteiger partial charge in [0, 0.05) is 86.0 Å². The van der Waals surface area contributed by atoms with Gasteiger partial charge >= 0.3 is 0 Å². The van der Waals surface area contributed by atoms with Crippen LogP contribution in [0.2, 0.25) is 0 Å². The highest BCUT2D eigenvalue weighted by Crippen LogP contribution is 2.49. The van der Waals surface area contributed by atoms with Gasteiger partial charge in [-0.1, -0.05) is 0 Å². The molecule has 2 fully saturated rings. The van der Waals surface area contributed by atoms with Gasteiger partial charge in [0.15, 0.2) is 0 Å². The second-order valence-electron chi connectivity index (χ2n) is 12.6. The summed E-state index contributed by atoms with van der Waals surface area (Å²) in [6.07, 6.45) is 10.6. The van der Waals surface area contributed by atoms with Crippen LogP contribution in [0.5, 0.6) is 11.5 Å². The molecule has 4 N–H and O–H groups in total. The minimum absolute atomic E-state index is 0.0912. The third-order valence-electron chi connectivity index (χ3n) is 9.98. The molecule has 8 rings (SSSR count). The van der Waals surface area contributed by atoms with Crippen molar-refractivity contribution in [3.63, 3.8) is 0 Å². The number of hydrogen-bond acceptors (Lipinski definition) is 8. The Morgan fingerprint density at radius 3 is 1.46 bits per heavy atom. The summed E-state index contributed by atoms with van der Waals surface area (Å²) in [6.45, 7) is 8.38. The molecule has 4 aromatic heterocycles. The van der Waals surface area contributed by atoms with Crippen molar-refractivity contribution >= 4 is 11.8 Å². The van der Waals surface area contributed by atoms with E-state index in [2.05, 4.69) is 9.97 Å². The van der Waals surface area contributed by atoms with E-state index in [1.807, 2.05) is 47.2 Å². The Balaban J connectivity index is 0.000000152. The molecule has 4 aromatic rings. The molecule has 0 radical (unpaired) electrons. The lowest BCUT2D eigenvalue weighted by Gasteiger charge is -2.34. The fourth-order valence-electron chi connectivity index (χ4n) is 7.72. The number of hydrogen-bond donors (Lipinski definition) is 2. The molecule has 48 heavy (non-hydrogen) atoms. The Morgan fingerprint density at radius 2 is 1.10 bits per heavy atom. The zero-order valence-electron chi connectivity index (χ0n) is 27.4. The molecular weight excluding hydrogens is 612 g/mol. The number of nitrogens with two attached hydrogens (primary N) is 2. The Hall–Kier alpha value is -4.68. The minimum atomic E-state index is -0.410. The van der Waals surface area contributed by atoms with Crippen molar-refractivity contribution in [1.82, 2.24) is 19.1 Å². The third kappa shape index (κ3) is 5.62. The van der Waals surface area contributed by atoms with E-state index >= 15 is 0 Å². The molecular formula is C36H42N6O6. The number of ether oxygens (including phenoxy) is 4. The SMILES string of the molecule is CCn1c(C(N)=O)cc2c1-c1ccncc1O[C@@H]2C1CCOCC1.CCn1c(C(N)=O)cc2c1-c1ccncc1O[C@H]2C1CCOCC1. The smallest absolute Gasteiger partial charge is 0.265 e. The molecule has 8 heterocycles. The van der Waals surface area contributed by atoms with Gasteiger partial charge in [-0.2, -0.15) is 0 Å². The van der Waals surface area contributed by atoms with Crippen molar-refractivity contribution in [2.24, 2.45) is 23.3 Å². The van der Waals surface area contributed by atoms with Crippen LogP contribution in [-0.2, 0) is 22.6 Å². The Labute approximate surface area is 279 Å². The summed E-state index contributed by atoms with van der Waals surface area (Å²) in [6, 6.07) is 7.69. The molecule has 0 saturated carbocycles. The lowest BCUT2D eigenvalue weighted by Crippen LogP contribution is -2.27. The fourth-order valence-corrected chi connectivity index (χ4v) is 7.72. The summed E-state index contributed by atoms with van der Waals surface area (Å²) in [5.41, 5.74) is 18.4. The third-order valence-corrected chi connectivity index (χ3v) is 9.98. The van der Waals surface area contributed by atoms with Gasteiger partial charge < -0.3 is 39.5 Å². The van der Waals surface area contributed by atoms with Crippen LogP contribution in [0, 0.1) is 11.8 Å². The quantitative estimate of drug-likeness (QED) is 0.292. The maximum absolute atomic E-state index is 11.9. The van der Waals surface area contributed by atoms with Gasteiger partial charge in [0.25, 0.3) is 11.8 Å². The standard InChI is InChI=1S/2C18H21N3O3/c2*1-2-21-14(18(19)22)9-13-16(21)12-3-6-20-10-15(12)24-17(13)11-4-7-23-8-5-11/h2*3,6,9-11,17H,2,4-5,7-8H2,1H3,(H2,19,22)/t2*17-/m10/s1. The van der Waals surface area contributed by atoms with E-state index < -0.39 is 11.8 Å². The molecule has 0 aromatic carbocycles. The average molecular weight is 655 g/mol. The average Bonchev–Trinajstić information content (AvgIpc) is 3.72. The summed E-state index contributed by atoms with van der Waals surface area (Å²) < 4.78 is 27.6. The largest absolute Gasteiger partial charge is 0.483 e. The van der Waals surface area contributed by atoms with Crippen LogP contribution in [0.1, 0.15) is 83.8 Å². The maximum Gasteiger partial charge on any atom is 0.265 e. The van der Waals surface area contributed by atoms with Gasteiger partial charge in [-0.3, -0.25) is 19.6 Å². The minimum Gasteiger partial charge on any atom is -0.483 e. The van der Waals surface area contributed by atoms with E-state index in [-0.39, 0.29) is 12.2 Å². The molecule has 0 bridgehead atoms. The predicted molar refractivity (Wildman–Crippen MR) is 178 cm³/mol. The number of carbonyl (C=O) groups is 2. The molecule has 252 valence electrons. The fraction of sp³-hybridized carbons (Fsp3) is 0.444. The number of carbonyl (C=O) groups excluding carboxylic acids is 2. The molecule has 0 spiro atoms. The van der Waals surface area contributed by atoms with Crippen LogP contribution in [0.4, 0.5) is 0 Å². The monoisotopic (exact) mass is 654 g/mol. The molecule has 4 aliphatic heterocycles. The van der Waals surface area contributed by atoms with E-state index in [9.17, 15) is 9.59 Å². The highest BCUT2D eigenvalue weighted by Gasteiger charge is 2.38. The van der Waals surface area contributed by atoms with E-state index in [1.54, 1.807) is 24.8 Å². The van der Waals surface area contributed by atoms with Crippen molar-refractivity contribution in [1.29, 1.82) is 0 Å². The van der Waals surface area contributed by atoms with E-state index in [0.717, 1.165) is 97.3 Å².